The van der Waals surface area contributed by atoms with Crippen molar-refractivity contribution < 1.29 is 38.6 Å². The molecule has 5 N–H and O–H groups in total. The number of amides is 5. The molecule has 1 saturated heterocycles. The van der Waals surface area contributed by atoms with Gasteiger partial charge in [0, 0.05) is 49.8 Å². The third-order valence-corrected chi connectivity index (χ3v) is 12.9. The van der Waals surface area contributed by atoms with Crippen LogP contribution < -0.4 is 21.4 Å². The van der Waals surface area contributed by atoms with Crippen molar-refractivity contribution in [1.82, 2.24) is 29.7 Å². The average Bonchev–Trinajstić information content (AvgIpc) is 3.81. The number of benzene rings is 4. The first-order valence-corrected chi connectivity index (χ1v) is 23.2. The van der Waals surface area contributed by atoms with Crippen molar-refractivity contribution in [3.8, 4) is 22.4 Å². The highest BCUT2D eigenvalue weighted by Gasteiger charge is 2.45. The molecule has 0 spiro atoms. The molecule has 0 radical (unpaired) electrons. The van der Waals surface area contributed by atoms with Gasteiger partial charge in [-0.15, -0.1) is 0 Å². The number of fused-ring (bicyclic) bond motifs is 2. The average molecular weight is 919 g/mol. The number of aliphatic hydroxyl groups excluding tert-OH is 1. The molecule has 16 heteroatoms. The molecule has 68 heavy (non-hydrogen) atoms. The predicted molar refractivity (Wildman–Crippen MR) is 253 cm³/mol. The Labute approximate surface area is 392 Å². The van der Waals surface area contributed by atoms with Crippen LogP contribution in [0.25, 0.3) is 33.4 Å². The topological polar surface area (TPSA) is 210 Å². The molecule has 4 heterocycles. The smallest absolute Gasteiger partial charge is 0.264 e. The van der Waals surface area contributed by atoms with E-state index in [4.69, 9.17) is 14.5 Å². The van der Waals surface area contributed by atoms with Gasteiger partial charge in [0.05, 0.1) is 61.1 Å². The van der Waals surface area contributed by atoms with E-state index >= 15 is 0 Å². The zero-order chi connectivity index (χ0) is 47.1. The van der Waals surface area contributed by atoms with Crippen LogP contribution in [0.4, 0.5) is 5.69 Å². The maximum Gasteiger partial charge on any atom is 0.264 e. The largest absolute Gasteiger partial charge is 0.393 e. The van der Waals surface area contributed by atoms with Gasteiger partial charge >= 0.3 is 0 Å². The Morgan fingerprint density at radius 2 is 1.49 bits per heavy atom. The minimum atomic E-state index is -1.04. The zero-order valence-corrected chi connectivity index (χ0v) is 37.6. The molecule has 350 valence electrons. The molecule has 2 fully saturated rings. The van der Waals surface area contributed by atoms with E-state index in [9.17, 15) is 34.5 Å². The molecule has 1 unspecified atom stereocenters. The number of carbonyl (C=O) groups excluding carboxylic acids is 5. The maximum absolute atomic E-state index is 13.3. The summed E-state index contributed by atoms with van der Waals surface area (Å²) in [6, 6.07) is 32.5. The third kappa shape index (κ3) is 9.74. The molecule has 3 aliphatic rings. The van der Waals surface area contributed by atoms with Gasteiger partial charge in [-0.2, -0.15) is 0 Å². The summed E-state index contributed by atoms with van der Waals surface area (Å²) in [7, 11) is 0. The van der Waals surface area contributed by atoms with Crippen molar-refractivity contribution in [2.45, 2.75) is 76.2 Å². The number of hydrogen-bond acceptors (Lipinski definition) is 11. The van der Waals surface area contributed by atoms with Gasteiger partial charge in [0.2, 0.25) is 17.7 Å². The summed E-state index contributed by atoms with van der Waals surface area (Å²) in [5.74, 6) is -2.39. The highest BCUT2D eigenvalue weighted by Crippen LogP contribution is 2.40. The van der Waals surface area contributed by atoms with Gasteiger partial charge in [-0.3, -0.25) is 39.6 Å². The van der Waals surface area contributed by atoms with E-state index in [0.717, 1.165) is 56.6 Å². The summed E-state index contributed by atoms with van der Waals surface area (Å²) < 4.78 is 15.5. The molecule has 2 aromatic heterocycles. The van der Waals surface area contributed by atoms with Crippen molar-refractivity contribution in [2.75, 3.05) is 38.3 Å². The second-order valence-corrected chi connectivity index (χ2v) is 17.4. The first kappa shape index (κ1) is 45.9. The predicted octanol–water partition coefficient (Wildman–Crippen LogP) is 5.73. The highest BCUT2D eigenvalue weighted by atomic mass is 16.5. The molecule has 4 aromatic carbocycles. The summed E-state index contributed by atoms with van der Waals surface area (Å²) in [6.45, 7) is 2.20. The van der Waals surface area contributed by atoms with Crippen LogP contribution in [0, 0.1) is 5.41 Å². The van der Waals surface area contributed by atoms with E-state index in [1.165, 1.54) is 0 Å². The fraction of sp³-hybridized carbons (Fsp3) is 0.327. The summed E-state index contributed by atoms with van der Waals surface area (Å²) in [4.78, 5) is 69.4. The van der Waals surface area contributed by atoms with Gasteiger partial charge in [-0.25, -0.2) is 4.98 Å². The summed E-state index contributed by atoms with van der Waals surface area (Å²) >= 11 is 0. The van der Waals surface area contributed by atoms with Crippen molar-refractivity contribution in [1.29, 1.82) is 5.41 Å². The SMILES string of the molecule is N=c1c2c(-c3ccccc3)c(-c3ccccc3)n(Cc3cccc(CNC(=O)CCOCCOCCNc4cccc5c4C(=O)N(C4CCC(=O)NC4=O)C5=O)c3)c2ncn1[C@H]1CC[C@H](O)CC1. The number of nitrogens with zero attached hydrogens (tertiary/aromatic N) is 4. The number of anilines is 1. The van der Waals surface area contributed by atoms with Crippen LogP contribution in [0.15, 0.2) is 109 Å². The quantitative estimate of drug-likeness (QED) is 0.0523. The third-order valence-electron chi connectivity index (χ3n) is 12.9. The number of nitrogens with one attached hydrogen (secondary N) is 4. The van der Waals surface area contributed by atoms with Gasteiger partial charge in [0.15, 0.2) is 0 Å². The van der Waals surface area contributed by atoms with E-state index < -0.39 is 29.7 Å². The van der Waals surface area contributed by atoms with Crippen LogP contribution >= 0.6 is 0 Å². The Kier molecular flexibility index (Phi) is 14.0. The number of aromatic nitrogens is 3. The lowest BCUT2D eigenvalue weighted by molar-refractivity contribution is -0.136. The molecule has 1 atom stereocenters. The van der Waals surface area contributed by atoms with Crippen molar-refractivity contribution in [3.05, 3.63) is 137 Å². The Balaban J connectivity index is 0.776. The van der Waals surface area contributed by atoms with E-state index in [0.29, 0.717) is 49.3 Å². The molecule has 16 nitrogen and oxygen atoms in total. The van der Waals surface area contributed by atoms with E-state index in [-0.39, 0.29) is 74.9 Å². The van der Waals surface area contributed by atoms with Gasteiger partial charge in [-0.05, 0) is 66.5 Å². The number of hydrogen-bond donors (Lipinski definition) is 5. The van der Waals surface area contributed by atoms with Gasteiger partial charge in [-0.1, -0.05) is 91.0 Å². The van der Waals surface area contributed by atoms with Crippen LogP contribution in [0.2, 0.25) is 0 Å². The first-order valence-electron chi connectivity index (χ1n) is 23.2. The van der Waals surface area contributed by atoms with Crippen LogP contribution in [0.1, 0.15) is 82.8 Å². The number of ether oxygens (including phenoxy) is 2. The monoisotopic (exact) mass is 918 g/mol. The lowest BCUT2D eigenvalue weighted by Gasteiger charge is -2.27. The summed E-state index contributed by atoms with van der Waals surface area (Å²) in [6.07, 6.45) is 4.77. The molecular weight excluding hydrogens is 865 g/mol. The van der Waals surface area contributed by atoms with Crippen LogP contribution in [-0.4, -0.2) is 98.8 Å². The van der Waals surface area contributed by atoms with Crippen LogP contribution in [-0.2, 0) is 36.9 Å². The molecule has 9 rings (SSSR count). The van der Waals surface area contributed by atoms with Crippen molar-refractivity contribution >= 4 is 46.3 Å². The second-order valence-electron chi connectivity index (χ2n) is 17.4. The van der Waals surface area contributed by atoms with Crippen molar-refractivity contribution in [3.63, 3.8) is 0 Å². The van der Waals surface area contributed by atoms with Gasteiger partial charge in [0.1, 0.15) is 17.2 Å². The van der Waals surface area contributed by atoms with E-state index in [2.05, 4.69) is 56.9 Å². The van der Waals surface area contributed by atoms with E-state index in [1.807, 2.05) is 53.1 Å². The zero-order valence-electron chi connectivity index (χ0n) is 37.6. The summed E-state index contributed by atoms with van der Waals surface area (Å²) in [5.41, 5.74) is 7.84. The fourth-order valence-electron chi connectivity index (χ4n) is 9.53. The number of piperidine rings is 1. The Morgan fingerprint density at radius 1 is 0.779 bits per heavy atom. The number of carbonyl (C=O) groups is 5. The highest BCUT2D eigenvalue weighted by molar-refractivity contribution is 6.25. The van der Waals surface area contributed by atoms with Crippen LogP contribution in [0.3, 0.4) is 0 Å². The molecule has 6 aromatic rings. The maximum atomic E-state index is 13.3. The van der Waals surface area contributed by atoms with Gasteiger partial charge in [0.25, 0.3) is 11.8 Å². The Bertz CT molecular complexity index is 2910. The first-order chi connectivity index (χ1) is 33.2. The Hall–Kier alpha value is -7.27. The molecule has 1 aliphatic carbocycles. The molecule has 1 saturated carbocycles. The molecule has 0 bridgehead atoms. The Morgan fingerprint density at radius 3 is 2.24 bits per heavy atom. The standard InChI is InChI=1S/C52H54N8O8/c53-48-46-44(35-11-3-1-4-12-35)47(36-13-5-2-6-14-36)58(49(46)56-32-59(48)37-17-19-38(61)20-18-37)31-34-10-7-9-33(29-34)30-55-42(62)23-25-67-27-28-68-26-24-54-40-16-8-15-39-45(40)52(66)60(51(39)65)41-21-22-43(63)57-50(41)64/h1-16,29,32,37-38,41,53-54,61H,17-28,30-31H2,(H,55,62)(H,57,63,64)/t37-,38-,41?. The van der Waals surface area contributed by atoms with Crippen LogP contribution in [0.5, 0.6) is 0 Å². The normalized spacial score (nSPS) is 18.2. The van der Waals surface area contributed by atoms with Crippen molar-refractivity contribution in [2.24, 2.45) is 0 Å². The van der Waals surface area contributed by atoms with E-state index in [1.54, 1.807) is 24.5 Å². The molecule has 2 aliphatic heterocycles. The minimum absolute atomic E-state index is 0.0469. The lowest BCUT2D eigenvalue weighted by Crippen LogP contribution is -2.54. The fourth-order valence-corrected chi connectivity index (χ4v) is 9.53. The summed E-state index contributed by atoms with van der Waals surface area (Å²) in [5, 5.41) is 29.0. The van der Waals surface area contributed by atoms with Gasteiger partial charge < -0.3 is 34.3 Å². The molecule has 5 amide bonds. The number of aliphatic hydroxyl groups is 1. The second kappa shape index (κ2) is 20.7. The lowest BCUT2D eigenvalue weighted by atomic mass is 9.93. The number of rotatable bonds is 18. The number of imide groups is 2. The molecular formula is C52H54N8O8. The minimum Gasteiger partial charge on any atom is -0.393 e.